The second-order valence-electron chi connectivity index (χ2n) is 3.56. The van der Waals surface area contributed by atoms with Gasteiger partial charge in [0.15, 0.2) is 5.69 Å². The van der Waals surface area contributed by atoms with Gasteiger partial charge >= 0.3 is 0 Å². The summed E-state index contributed by atoms with van der Waals surface area (Å²) in [6.45, 7) is 6.99. The Labute approximate surface area is 100 Å². The van der Waals surface area contributed by atoms with Gasteiger partial charge in [0.2, 0.25) is 0 Å². The topological polar surface area (TPSA) is 16.7 Å². The predicted molar refractivity (Wildman–Crippen MR) is 68.8 cm³/mol. The molecule has 0 saturated heterocycles. The van der Waals surface area contributed by atoms with Crippen molar-refractivity contribution in [3.8, 4) is 0 Å². The number of allylic oxidation sites excluding steroid dienone is 2. The average Bonchev–Trinajstić information content (AvgIpc) is 2.72. The Morgan fingerprint density at radius 3 is 3.06 bits per heavy atom. The highest BCUT2D eigenvalue weighted by Crippen LogP contribution is 2.34. The number of aliphatic imine (C=N–C) groups is 1. The molecule has 0 atom stereocenters. The summed E-state index contributed by atoms with van der Waals surface area (Å²) in [4.78, 5) is 7.73. The van der Waals surface area contributed by atoms with Crippen molar-refractivity contribution >= 4 is 34.8 Å². The molecule has 0 spiro atoms. The molecule has 1 heterocycles. The van der Waals surface area contributed by atoms with Gasteiger partial charge in [-0.2, -0.15) is 0 Å². The van der Waals surface area contributed by atoms with E-state index < -0.39 is 0 Å². The van der Waals surface area contributed by atoms with E-state index in [0.29, 0.717) is 11.6 Å². The van der Waals surface area contributed by atoms with Crippen LogP contribution >= 0.6 is 11.6 Å². The van der Waals surface area contributed by atoms with Gasteiger partial charge in [-0.15, -0.1) is 11.6 Å². The lowest BCUT2D eigenvalue weighted by Crippen LogP contribution is -1.81. The van der Waals surface area contributed by atoms with Crippen molar-refractivity contribution in [2.75, 3.05) is 5.88 Å². The van der Waals surface area contributed by atoms with E-state index in [9.17, 15) is 0 Å². The van der Waals surface area contributed by atoms with Crippen molar-refractivity contribution in [3.63, 3.8) is 0 Å². The van der Waals surface area contributed by atoms with Crippen molar-refractivity contribution in [1.29, 1.82) is 0 Å². The van der Waals surface area contributed by atoms with Crippen molar-refractivity contribution < 1.29 is 0 Å². The first kappa shape index (κ1) is 10.9. The Morgan fingerprint density at radius 2 is 2.31 bits per heavy atom. The van der Waals surface area contributed by atoms with Crippen molar-refractivity contribution in [3.05, 3.63) is 41.3 Å². The van der Waals surface area contributed by atoms with E-state index >= 15 is 0 Å². The summed E-state index contributed by atoms with van der Waals surface area (Å²) in [5.41, 5.74) is 3.77. The summed E-state index contributed by atoms with van der Waals surface area (Å²) in [7, 11) is 0. The molecular weight excluding hydrogens is 220 g/mol. The summed E-state index contributed by atoms with van der Waals surface area (Å²) < 4.78 is 0. The maximum absolute atomic E-state index is 6.99. The highest BCUT2D eigenvalue weighted by atomic mass is 35.5. The number of fused-ring (bicyclic) bond motifs is 1. The molecule has 1 aromatic carbocycles. The largest absolute Gasteiger partial charge is 0.256 e. The number of nitrogens with zero attached hydrogens (tertiary/aromatic N) is 2. The van der Waals surface area contributed by atoms with Crippen LogP contribution in [-0.4, -0.2) is 12.1 Å². The Hall–Kier alpha value is -1.59. The van der Waals surface area contributed by atoms with Gasteiger partial charge < -0.3 is 0 Å². The van der Waals surface area contributed by atoms with E-state index in [-0.39, 0.29) is 0 Å². The summed E-state index contributed by atoms with van der Waals surface area (Å²) >= 11 is 5.63. The zero-order valence-electron chi connectivity index (χ0n) is 8.78. The smallest absolute Gasteiger partial charge is 0.188 e. The van der Waals surface area contributed by atoms with Gasteiger partial charge in [-0.3, -0.25) is 4.99 Å². The minimum absolute atomic E-state index is 0.660. The van der Waals surface area contributed by atoms with Crippen LogP contribution in [0.15, 0.2) is 29.3 Å². The molecule has 0 amide bonds. The molecule has 0 radical (unpaired) electrons. The first-order chi connectivity index (χ1) is 7.85. The summed E-state index contributed by atoms with van der Waals surface area (Å²) in [6, 6.07) is 5.58. The molecule has 1 aliphatic rings. The third-order valence-electron chi connectivity index (χ3n) is 2.46. The molecule has 1 aromatic rings. The van der Waals surface area contributed by atoms with Crippen LogP contribution in [0.4, 0.5) is 11.4 Å². The van der Waals surface area contributed by atoms with E-state index in [0.717, 1.165) is 29.7 Å². The van der Waals surface area contributed by atoms with Gasteiger partial charge in [0.25, 0.3) is 0 Å². The lowest BCUT2D eigenvalue weighted by molar-refractivity contribution is 0.969. The van der Waals surface area contributed by atoms with Crippen LogP contribution in [0.5, 0.6) is 0 Å². The normalized spacial score (nSPS) is 15.1. The fourth-order valence-corrected chi connectivity index (χ4v) is 1.80. The number of alkyl halides is 1. The van der Waals surface area contributed by atoms with Crippen LogP contribution < -0.4 is 0 Å². The Bertz CT molecular complexity index is 495. The van der Waals surface area contributed by atoms with E-state index in [1.807, 2.05) is 18.3 Å². The van der Waals surface area contributed by atoms with E-state index in [4.69, 9.17) is 18.2 Å². The Balaban J connectivity index is 2.27. The fraction of sp³-hybridized carbons (Fsp3) is 0.231. The van der Waals surface area contributed by atoms with Crippen LogP contribution in [0.2, 0.25) is 0 Å². The van der Waals surface area contributed by atoms with Gasteiger partial charge in [0.05, 0.1) is 12.3 Å². The lowest BCUT2D eigenvalue weighted by atomic mass is 10.1. The monoisotopic (exact) mass is 230 g/mol. The number of halogens is 1. The van der Waals surface area contributed by atoms with E-state index in [2.05, 4.69) is 15.9 Å². The minimum atomic E-state index is 0.660. The van der Waals surface area contributed by atoms with Crippen LogP contribution in [0.1, 0.15) is 18.4 Å². The SMILES string of the molecule is [C-]#[N+]c1ccc2c(c1)/C(=C/CCCCl)C=N2. The first-order valence-corrected chi connectivity index (χ1v) is 5.70. The molecule has 1 aliphatic heterocycles. The lowest BCUT2D eigenvalue weighted by Gasteiger charge is -2.00. The van der Waals surface area contributed by atoms with Gasteiger partial charge in [-0.1, -0.05) is 12.1 Å². The molecule has 16 heavy (non-hydrogen) atoms. The quantitative estimate of drug-likeness (QED) is 0.417. The standard InChI is InChI=1S/C13H11ClN2/c1-15-11-5-6-13-12(8-11)10(9-16-13)4-2-3-7-14/h4-6,8-9H,2-3,7H2/b10-4+. The van der Waals surface area contributed by atoms with Gasteiger partial charge in [-0.25, -0.2) is 4.85 Å². The zero-order valence-corrected chi connectivity index (χ0v) is 9.54. The van der Waals surface area contributed by atoms with Crippen LogP contribution in [0.25, 0.3) is 10.4 Å². The number of hydrogen-bond acceptors (Lipinski definition) is 1. The summed E-state index contributed by atoms with van der Waals surface area (Å²) in [5.74, 6) is 0.676. The number of unbranched alkanes of at least 4 members (excludes halogenated alkanes) is 1. The van der Waals surface area contributed by atoms with Gasteiger partial charge in [-0.05, 0) is 36.1 Å². The number of benzene rings is 1. The maximum Gasteiger partial charge on any atom is 0.188 e. The van der Waals surface area contributed by atoms with E-state index in [1.165, 1.54) is 0 Å². The molecule has 3 heteroatoms. The minimum Gasteiger partial charge on any atom is -0.256 e. The van der Waals surface area contributed by atoms with Crippen molar-refractivity contribution in [2.24, 2.45) is 4.99 Å². The van der Waals surface area contributed by atoms with Gasteiger partial charge in [0, 0.05) is 12.1 Å². The molecule has 0 aromatic heterocycles. The molecule has 0 bridgehead atoms. The average molecular weight is 231 g/mol. The highest BCUT2D eigenvalue weighted by Gasteiger charge is 2.11. The van der Waals surface area contributed by atoms with Crippen LogP contribution in [0.3, 0.4) is 0 Å². The Kier molecular flexibility index (Phi) is 3.38. The molecule has 0 saturated carbocycles. The van der Waals surface area contributed by atoms with Crippen LogP contribution in [0, 0.1) is 6.57 Å². The van der Waals surface area contributed by atoms with Gasteiger partial charge in [0.1, 0.15) is 0 Å². The van der Waals surface area contributed by atoms with Crippen LogP contribution in [-0.2, 0) is 0 Å². The molecule has 0 unspecified atom stereocenters. The van der Waals surface area contributed by atoms with Crippen molar-refractivity contribution in [1.82, 2.24) is 0 Å². The zero-order chi connectivity index (χ0) is 11.4. The second kappa shape index (κ2) is 4.96. The third kappa shape index (κ3) is 2.15. The molecule has 0 aliphatic carbocycles. The summed E-state index contributed by atoms with van der Waals surface area (Å²) in [5, 5.41) is 0. The second-order valence-corrected chi connectivity index (χ2v) is 3.94. The highest BCUT2D eigenvalue weighted by molar-refractivity contribution is 6.18. The molecule has 80 valence electrons. The molecule has 0 fully saturated rings. The molecular formula is C13H11ClN2. The third-order valence-corrected chi connectivity index (χ3v) is 2.73. The first-order valence-electron chi connectivity index (χ1n) is 5.17. The molecule has 0 N–H and O–H groups in total. The summed E-state index contributed by atoms with van der Waals surface area (Å²) in [6.07, 6.45) is 5.90. The van der Waals surface area contributed by atoms with E-state index in [1.54, 1.807) is 6.07 Å². The fourth-order valence-electron chi connectivity index (χ4n) is 1.64. The predicted octanol–water partition coefficient (Wildman–Crippen LogP) is 4.36. The molecule has 2 nitrogen and oxygen atoms in total. The molecule has 2 rings (SSSR count). The number of rotatable bonds is 3. The Morgan fingerprint density at radius 1 is 1.44 bits per heavy atom. The maximum atomic E-state index is 6.99. The van der Waals surface area contributed by atoms with Crippen molar-refractivity contribution in [2.45, 2.75) is 12.8 Å². The number of hydrogen-bond donors (Lipinski definition) is 0.